The van der Waals surface area contributed by atoms with Gasteiger partial charge < -0.3 is 18.9 Å². The van der Waals surface area contributed by atoms with Crippen LogP contribution in [0.15, 0.2) is 23.8 Å². The van der Waals surface area contributed by atoms with Gasteiger partial charge in [-0.1, -0.05) is 142 Å². The van der Waals surface area contributed by atoms with Crippen molar-refractivity contribution in [3.8, 4) is 0 Å². The van der Waals surface area contributed by atoms with Crippen LogP contribution in [-0.2, 0) is 18.9 Å². The maximum absolute atomic E-state index is 6.42. The second kappa shape index (κ2) is 30.0. The van der Waals surface area contributed by atoms with Crippen LogP contribution >= 0.6 is 0 Å². The Morgan fingerprint density at radius 2 is 1.45 bits per heavy atom. The molecule has 0 radical (unpaired) electrons. The first kappa shape index (κ1) is 54.2. The third-order valence-electron chi connectivity index (χ3n) is 18.3. The molecule has 10 unspecified atom stereocenters. The molecule has 1 aliphatic heterocycles. The molecule has 0 aromatic carbocycles. The van der Waals surface area contributed by atoms with Gasteiger partial charge in [0, 0.05) is 25.8 Å². The zero-order chi connectivity index (χ0) is 45.5. The summed E-state index contributed by atoms with van der Waals surface area (Å²) in [7, 11) is 0. The van der Waals surface area contributed by atoms with Gasteiger partial charge in [0.25, 0.3) is 0 Å². The second-order valence-corrected chi connectivity index (χ2v) is 23.5. The Labute approximate surface area is 398 Å². The molecule has 0 aromatic rings. The molecule has 64 heavy (non-hydrogen) atoms. The van der Waals surface area contributed by atoms with E-state index in [4.69, 9.17) is 18.9 Å². The van der Waals surface area contributed by atoms with Gasteiger partial charge >= 0.3 is 0 Å². The molecule has 0 bridgehead atoms. The van der Waals surface area contributed by atoms with E-state index in [1.165, 1.54) is 186 Å². The Balaban J connectivity index is 0.891. The van der Waals surface area contributed by atoms with E-state index < -0.39 is 0 Å². The van der Waals surface area contributed by atoms with E-state index in [1.54, 1.807) is 0 Å². The van der Waals surface area contributed by atoms with Crippen molar-refractivity contribution in [2.75, 3.05) is 52.9 Å². The van der Waals surface area contributed by atoms with Crippen LogP contribution in [0.4, 0.5) is 0 Å². The normalized spacial score (nSPS) is 30.5. The van der Waals surface area contributed by atoms with Crippen LogP contribution in [0, 0.1) is 52.3 Å². The molecule has 10 atom stereocenters. The van der Waals surface area contributed by atoms with E-state index >= 15 is 0 Å². The van der Waals surface area contributed by atoms with Crippen LogP contribution in [0.25, 0.3) is 0 Å². The SMILES string of the molecule is CCCCCCCCC=CCCCCCCCCOCOCC(CN1CCCC1C)OCCOCCCC1CCC2(C)C(=CCC3C2CCC2(C)C(C(C)CCCC(C)C)CCC32)C1. The molecule has 1 heterocycles. The minimum atomic E-state index is 0.0641. The van der Waals surface area contributed by atoms with Gasteiger partial charge in [0.05, 0.1) is 25.9 Å². The fraction of sp³-hybridized carbons (Fsp3) is 0.932. The smallest absolute Gasteiger partial charge is 0.146 e. The van der Waals surface area contributed by atoms with Gasteiger partial charge in [-0.3, -0.25) is 4.90 Å². The lowest BCUT2D eigenvalue weighted by atomic mass is 9.46. The summed E-state index contributed by atoms with van der Waals surface area (Å²) in [5.41, 5.74) is 2.89. The van der Waals surface area contributed by atoms with E-state index in [0.29, 0.717) is 43.5 Å². The molecule has 372 valence electrons. The number of hydrogen-bond acceptors (Lipinski definition) is 5. The molecule has 5 nitrogen and oxygen atoms in total. The number of likely N-dealkylation sites (tertiary alicyclic amines) is 1. The highest BCUT2D eigenvalue weighted by molar-refractivity contribution is 5.25. The van der Waals surface area contributed by atoms with Gasteiger partial charge in [0.2, 0.25) is 0 Å². The van der Waals surface area contributed by atoms with Gasteiger partial charge in [-0.05, 0) is 175 Å². The van der Waals surface area contributed by atoms with Crippen LogP contribution in [0.2, 0.25) is 0 Å². The fourth-order valence-electron chi connectivity index (χ4n) is 14.3. The summed E-state index contributed by atoms with van der Waals surface area (Å²) in [6, 6.07) is 0.630. The van der Waals surface area contributed by atoms with Crippen LogP contribution < -0.4 is 0 Å². The van der Waals surface area contributed by atoms with Crippen molar-refractivity contribution in [2.24, 2.45) is 52.3 Å². The molecule has 4 aliphatic carbocycles. The topological polar surface area (TPSA) is 40.2 Å². The first-order valence-corrected chi connectivity index (χ1v) is 28.6. The number of rotatable bonds is 35. The summed E-state index contributed by atoms with van der Waals surface area (Å²) >= 11 is 0. The molecular weight excluding hydrogens is 787 g/mol. The van der Waals surface area contributed by atoms with E-state index in [9.17, 15) is 0 Å². The average Bonchev–Trinajstić information content (AvgIpc) is 3.86. The molecule has 0 spiro atoms. The Hall–Kier alpha value is -0.720. The van der Waals surface area contributed by atoms with Gasteiger partial charge in [0.1, 0.15) is 6.79 Å². The van der Waals surface area contributed by atoms with Crippen LogP contribution in [0.3, 0.4) is 0 Å². The van der Waals surface area contributed by atoms with Crippen molar-refractivity contribution in [2.45, 2.75) is 247 Å². The summed E-state index contributed by atoms with van der Waals surface area (Å²) < 4.78 is 24.5. The number of allylic oxidation sites excluding steroid dienone is 4. The van der Waals surface area contributed by atoms with Crippen molar-refractivity contribution in [1.29, 1.82) is 0 Å². The van der Waals surface area contributed by atoms with Gasteiger partial charge in [0.15, 0.2) is 0 Å². The Morgan fingerprint density at radius 1 is 0.719 bits per heavy atom. The number of unbranched alkanes of at least 4 members (excludes halogenated alkanes) is 12. The maximum Gasteiger partial charge on any atom is 0.146 e. The quantitative estimate of drug-likeness (QED) is 0.0360. The van der Waals surface area contributed by atoms with Gasteiger partial charge in [-0.2, -0.15) is 0 Å². The third-order valence-corrected chi connectivity index (χ3v) is 18.3. The predicted molar refractivity (Wildman–Crippen MR) is 273 cm³/mol. The molecule has 0 amide bonds. The lowest BCUT2D eigenvalue weighted by Gasteiger charge is -2.58. The average molecular weight is 895 g/mol. The molecule has 5 aliphatic rings. The summed E-state index contributed by atoms with van der Waals surface area (Å²) in [4.78, 5) is 2.58. The molecule has 4 fully saturated rings. The van der Waals surface area contributed by atoms with Crippen molar-refractivity contribution >= 4 is 0 Å². The lowest BCUT2D eigenvalue weighted by molar-refractivity contribution is -0.104. The van der Waals surface area contributed by atoms with Crippen molar-refractivity contribution in [1.82, 2.24) is 4.90 Å². The first-order chi connectivity index (χ1) is 31.2. The second-order valence-electron chi connectivity index (χ2n) is 23.5. The Kier molecular flexibility index (Phi) is 25.4. The minimum absolute atomic E-state index is 0.0641. The maximum atomic E-state index is 6.42. The van der Waals surface area contributed by atoms with Crippen molar-refractivity contribution in [3.05, 3.63) is 23.8 Å². The fourth-order valence-corrected chi connectivity index (χ4v) is 14.3. The van der Waals surface area contributed by atoms with E-state index in [2.05, 4.69) is 71.6 Å². The standard InChI is InChI=1S/C59H107NO4/c1-8-9-10-11-12-13-14-15-16-17-18-19-20-21-22-23-40-62-47-63-46-53(45-60-39-25-29-50(60)5)64-43-42-61-41-26-30-51-35-37-58(6)52(44-51)31-32-54-56-34-33-55(49(4)28-24-27-48(2)3)59(56,7)38-36-57(54)58/h15-16,31,48-51,53-57H,8-14,17-30,32-47H2,1-7H3. The molecule has 5 heteroatoms. The van der Waals surface area contributed by atoms with E-state index in [-0.39, 0.29) is 6.10 Å². The van der Waals surface area contributed by atoms with E-state index in [1.807, 2.05) is 5.57 Å². The van der Waals surface area contributed by atoms with Gasteiger partial charge in [-0.15, -0.1) is 0 Å². The summed E-state index contributed by atoms with van der Waals surface area (Å²) in [5.74, 6) is 6.35. The number of hydrogen-bond donors (Lipinski definition) is 0. The summed E-state index contributed by atoms with van der Waals surface area (Å²) in [5, 5.41) is 0. The van der Waals surface area contributed by atoms with Gasteiger partial charge in [-0.25, -0.2) is 0 Å². The van der Waals surface area contributed by atoms with E-state index in [0.717, 1.165) is 67.6 Å². The molecule has 1 saturated heterocycles. The zero-order valence-electron chi connectivity index (χ0n) is 43.7. The lowest BCUT2D eigenvalue weighted by Crippen LogP contribution is -2.50. The number of ether oxygens (including phenoxy) is 4. The molecule has 3 saturated carbocycles. The predicted octanol–water partition coefficient (Wildman–Crippen LogP) is 16.3. The molecular formula is C59H107NO4. The molecule has 5 rings (SSSR count). The van der Waals surface area contributed by atoms with Crippen LogP contribution in [-0.4, -0.2) is 70.0 Å². The highest BCUT2D eigenvalue weighted by Gasteiger charge is 2.59. The van der Waals surface area contributed by atoms with Crippen LogP contribution in [0.1, 0.15) is 235 Å². The van der Waals surface area contributed by atoms with Crippen molar-refractivity contribution in [3.63, 3.8) is 0 Å². The molecule has 0 N–H and O–H groups in total. The highest BCUT2D eigenvalue weighted by Crippen LogP contribution is 2.67. The largest absolute Gasteiger partial charge is 0.379 e. The first-order valence-electron chi connectivity index (χ1n) is 28.6. The summed E-state index contributed by atoms with van der Waals surface area (Å²) in [6.07, 6.45) is 47.2. The Morgan fingerprint density at radius 3 is 2.19 bits per heavy atom. The van der Waals surface area contributed by atoms with Crippen LogP contribution in [0.5, 0.6) is 0 Å². The zero-order valence-corrected chi connectivity index (χ0v) is 43.7. The Bertz CT molecular complexity index is 1280. The number of nitrogens with zero attached hydrogens (tertiary/aromatic N) is 1. The molecule has 0 aromatic heterocycles. The van der Waals surface area contributed by atoms with Crippen molar-refractivity contribution < 1.29 is 18.9 Å². The summed E-state index contributed by atoms with van der Waals surface area (Å²) in [6.45, 7) is 23.5. The monoisotopic (exact) mass is 894 g/mol. The third kappa shape index (κ3) is 17.4. The highest BCUT2D eigenvalue weighted by atomic mass is 16.7. The number of fused-ring (bicyclic) bond motifs is 5. The minimum Gasteiger partial charge on any atom is -0.379 e.